The molecule has 12 rings (SSSR count). The van der Waals surface area contributed by atoms with Crippen molar-refractivity contribution in [3.05, 3.63) is 188 Å². The number of rotatable bonds is 5. The van der Waals surface area contributed by atoms with Crippen LogP contribution in [0.3, 0.4) is 0 Å². The third-order valence-corrected chi connectivity index (χ3v) is 10.8. The Hall–Kier alpha value is -7.83. The summed E-state index contributed by atoms with van der Waals surface area (Å²) in [5.74, 6) is 1.19. The Morgan fingerprint density at radius 3 is 1.63 bits per heavy atom. The second-order valence-electron chi connectivity index (χ2n) is 13.9. The van der Waals surface area contributed by atoms with Gasteiger partial charge in [-0.25, -0.2) is 4.98 Å². The number of furan rings is 1. The minimum absolute atomic E-state index is 0.0149. The molecule has 0 aliphatic heterocycles. The molecule has 0 amide bonds. The van der Waals surface area contributed by atoms with Gasteiger partial charge in [0.25, 0.3) is 0 Å². The van der Waals surface area contributed by atoms with E-state index in [9.17, 15) is 2.74 Å². The van der Waals surface area contributed by atoms with E-state index in [4.69, 9.17) is 24.9 Å². The van der Waals surface area contributed by atoms with Crippen LogP contribution in [0.25, 0.3) is 111 Å². The number of hydrogen-bond donors (Lipinski definition) is 0. The molecule has 8 aromatic carbocycles. The van der Waals surface area contributed by atoms with Crippen LogP contribution in [0.4, 0.5) is 0 Å². The minimum Gasteiger partial charge on any atom is -0.455 e. The second-order valence-corrected chi connectivity index (χ2v) is 13.9. The van der Waals surface area contributed by atoms with Crippen molar-refractivity contribution in [2.45, 2.75) is 0 Å². The normalized spacial score (nSPS) is 13.3. The van der Waals surface area contributed by atoms with Crippen molar-refractivity contribution in [2.24, 2.45) is 0 Å². The molecule has 0 spiro atoms. The zero-order chi connectivity index (χ0) is 42.7. The Labute approximate surface area is 335 Å². The van der Waals surface area contributed by atoms with Crippen molar-refractivity contribution in [3.8, 4) is 45.5 Å². The second kappa shape index (κ2) is 12.3. The molecule has 266 valence electrons. The van der Waals surface area contributed by atoms with Gasteiger partial charge in [-0.3, -0.25) is 4.57 Å². The molecular formula is C51H31N5O. The van der Waals surface area contributed by atoms with E-state index in [0.29, 0.717) is 34.4 Å². The van der Waals surface area contributed by atoms with Gasteiger partial charge in [0.1, 0.15) is 11.2 Å². The molecule has 4 heterocycles. The number of para-hydroxylation sites is 7. The van der Waals surface area contributed by atoms with E-state index in [1.165, 1.54) is 6.07 Å². The summed E-state index contributed by atoms with van der Waals surface area (Å²) < 4.78 is 64.6. The van der Waals surface area contributed by atoms with Crippen molar-refractivity contribution in [1.29, 1.82) is 0 Å². The summed E-state index contributed by atoms with van der Waals surface area (Å²) in [6.45, 7) is 0. The number of fused-ring (bicyclic) bond motifs is 9. The summed E-state index contributed by atoms with van der Waals surface area (Å²) in [5, 5.41) is 4.28. The number of aromatic nitrogens is 5. The van der Waals surface area contributed by atoms with Crippen LogP contribution in [0.1, 0.15) is 8.22 Å². The summed E-state index contributed by atoms with van der Waals surface area (Å²) in [7, 11) is 0. The van der Waals surface area contributed by atoms with Crippen LogP contribution in [-0.2, 0) is 0 Å². The molecule has 0 N–H and O–H groups in total. The molecule has 0 aliphatic rings. The SMILES string of the molecule is [2H]c1cc([2H])c2oc3c(-c4cccc(-c5nc(-c6ccccc6)nc(-n6c7ccccc7c7ccccc76)n5)c4-n4c5ccccc5c5ccccc54)c([2H])c([2H])c([2H])c3c2c1[2H]. The maximum Gasteiger partial charge on any atom is 0.238 e. The molecule has 0 bridgehead atoms. The Morgan fingerprint density at radius 1 is 0.404 bits per heavy atom. The van der Waals surface area contributed by atoms with E-state index in [1.807, 2.05) is 109 Å². The van der Waals surface area contributed by atoms with Crippen molar-refractivity contribution in [3.63, 3.8) is 0 Å². The largest absolute Gasteiger partial charge is 0.455 e. The van der Waals surface area contributed by atoms with Crippen LogP contribution in [0, 0.1) is 0 Å². The molecule has 0 unspecified atom stereocenters. The molecule has 12 aromatic rings. The highest BCUT2D eigenvalue weighted by atomic mass is 16.3. The van der Waals surface area contributed by atoms with E-state index in [-0.39, 0.29) is 63.8 Å². The average Bonchev–Trinajstić information content (AvgIpc) is 3.99. The lowest BCUT2D eigenvalue weighted by Crippen LogP contribution is -2.08. The molecule has 0 atom stereocenters. The van der Waals surface area contributed by atoms with Crippen LogP contribution in [0.15, 0.2) is 192 Å². The summed E-state index contributed by atoms with van der Waals surface area (Å²) in [6.07, 6.45) is 0. The van der Waals surface area contributed by atoms with Crippen molar-refractivity contribution < 1.29 is 12.6 Å². The fourth-order valence-corrected chi connectivity index (χ4v) is 8.33. The summed E-state index contributed by atoms with van der Waals surface area (Å²) in [4.78, 5) is 15.7. The lowest BCUT2D eigenvalue weighted by atomic mass is 9.97. The van der Waals surface area contributed by atoms with Crippen LogP contribution >= 0.6 is 0 Å². The molecule has 6 nitrogen and oxygen atoms in total. The predicted octanol–water partition coefficient (Wildman–Crippen LogP) is 13.0. The lowest BCUT2D eigenvalue weighted by Gasteiger charge is -2.19. The fourth-order valence-electron chi connectivity index (χ4n) is 8.33. The highest BCUT2D eigenvalue weighted by molar-refractivity contribution is 6.13. The highest BCUT2D eigenvalue weighted by Gasteiger charge is 2.25. The molecule has 0 saturated heterocycles. The Balaban J connectivity index is 1.26. The van der Waals surface area contributed by atoms with Gasteiger partial charge < -0.3 is 8.98 Å². The molecule has 0 aliphatic carbocycles. The van der Waals surface area contributed by atoms with E-state index >= 15 is 0 Å². The highest BCUT2D eigenvalue weighted by Crippen LogP contribution is 2.44. The van der Waals surface area contributed by atoms with Crippen molar-refractivity contribution in [2.75, 3.05) is 0 Å². The number of hydrogen-bond acceptors (Lipinski definition) is 4. The van der Waals surface area contributed by atoms with Gasteiger partial charge in [0.05, 0.1) is 36.0 Å². The van der Waals surface area contributed by atoms with Crippen LogP contribution in [0.5, 0.6) is 0 Å². The monoisotopic (exact) mass is 735 g/mol. The van der Waals surface area contributed by atoms with Crippen molar-refractivity contribution in [1.82, 2.24) is 24.1 Å². The van der Waals surface area contributed by atoms with Crippen molar-refractivity contribution >= 4 is 65.6 Å². The van der Waals surface area contributed by atoms with Gasteiger partial charge in [-0.05, 0) is 36.4 Å². The zero-order valence-corrected chi connectivity index (χ0v) is 30.1. The van der Waals surface area contributed by atoms with Gasteiger partial charge in [0.15, 0.2) is 11.6 Å². The average molecular weight is 736 g/mol. The van der Waals surface area contributed by atoms with Gasteiger partial charge in [0.2, 0.25) is 5.95 Å². The first-order chi connectivity index (χ1) is 30.8. The third-order valence-electron chi connectivity index (χ3n) is 10.8. The van der Waals surface area contributed by atoms with Gasteiger partial charge in [-0.1, -0.05) is 152 Å². The molecule has 57 heavy (non-hydrogen) atoms. The van der Waals surface area contributed by atoms with E-state index in [0.717, 1.165) is 49.2 Å². The number of benzene rings is 8. The van der Waals surface area contributed by atoms with E-state index in [1.54, 1.807) is 0 Å². The Bertz CT molecular complexity index is 3790. The zero-order valence-electron chi connectivity index (χ0n) is 36.1. The Kier molecular flexibility index (Phi) is 5.64. The van der Waals surface area contributed by atoms with Crippen LogP contribution in [-0.4, -0.2) is 24.1 Å². The van der Waals surface area contributed by atoms with Gasteiger partial charge in [0, 0.05) is 54.6 Å². The quantitative estimate of drug-likeness (QED) is 0.177. The molecule has 0 fully saturated rings. The molecule has 0 saturated carbocycles. The predicted molar refractivity (Wildman–Crippen MR) is 232 cm³/mol. The van der Waals surface area contributed by atoms with Gasteiger partial charge >= 0.3 is 0 Å². The van der Waals surface area contributed by atoms with E-state index in [2.05, 4.69) is 45.5 Å². The van der Waals surface area contributed by atoms with E-state index < -0.39 is 0 Å². The first-order valence-electron chi connectivity index (χ1n) is 21.6. The number of nitrogens with zero attached hydrogens (tertiary/aromatic N) is 5. The molecule has 4 aromatic heterocycles. The summed E-state index contributed by atoms with van der Waals surface area (Å²) in [5.41, 5.74) is 6.30. The minimum atomic E-state index is -0.375. The molecular weight excluding hydrogens is 699 g/mol. The maximum absolute atomic E-state index is 9.58. The smallest absolute Gasteiger partial charge is 0.238 e. The fraction of sp³-hybridized carbons (Fsp3) is 0. The summed E-state index contributed by atoms with van der Waals surface area (Å²) >= 11 is 0. The summed E-state index contributed by atoms with van der Waals surface area (Å²) in [6, 6.07) is 47.7. The first-order valence-corrected chi connectivity index (χ1v) is 18.6. The van der Waals surface area contributed by atoms with Gasteiger partial charge in [-0.15, -0.1) is 0 Å². The molecule has 0 radical (unpaired) electrons. The molecule has 6 heteroatoms. The van der Waals surface area contributed by atoms with Crippen LogP contribution < -0.4 is 0 Å². The van der Waals surface area contributed by atoms with Crippen LogP contribution in [0.2, 0.25) is 0 Å². The first kappa shape index (κ1) is 26.1. The maximum atomic E-state index is 9.58. The third kappa shape index (κ3) is 4.74. The van der Waals surface area contributed by atoms with Gasteiger partial charge in [-0.2, -0.15) is 9.97 Å². The standard InChI is InChI=1S/C51H31N5O/c1-2-16-32(17-3-1)49-52-50(54-51(53-49)56-44-29-11-6-20-35(44)36-21-7-12-30-45(36)56)41-26-14-23-38(40-25-15-24-39-37-22-8-13-31-46(37)57-48(39)40)47(41)55-42-27-9-4-18-33(42)34-19-5-10-28-43(34)55/h1-31H/i8D,15D,22D,24D,25D,31D. The Morgan fingerprint density at radius 2 is 0.965 bits per heavy atom. The topological polar surface area (TPSA) is 61.7 Å². The lowest BCUT2D eigenvalue weighted by molar-refractivity contribution is 0.670.